The number of nitrogens with zero attached hydrogens (tertiary/aromatic N) is 1. The lowest BCUT2D eigenvalue weighted by Gasteiger charge is -2.35. The zero-order valence-corrected chi connectivity index (χ0v) is 12.1. The molecule has 1 fully saturated rings. The van der Waals surface area contributed by atoms with Gasteiger partial charge in [0.15, 0.2) is 0 Å². The van der Waals surface area contributed by atoms with E-state index in [0.717, 1.165) is 0 Å². The molecule has 0 amide bonds. The van der Waals surface area contributed by atoms with Crippen LogP contribution < -0.4 is 11.2 Å². The summed E-state index contributed by atoms with van der Waals surface area (Å²) in [7, 11) is 0. The van der Waals surface area contributed by atoms with Crippen molar-refractivity contribution in [2.75, 3.05) is 0 Å². The van der Waals surface area contributed by atoms with Crippen molar-refractivity contribution in [3.63, 3.8) is 0 Å². The van der Waals surface area contributed by atoms with Crippen LogP contribution >= 0.6 is 0 Å². The van der Waals surface area contributed by atoms with Gasteiger partial charge in [-0.15, -0.1) is 0 Å². The Morgan fingerprint density at radius 2 is 2.00 bits per heavy atom. The van der Waals surface area contributed by atoms with Crippen LogP contribution in [0.25, 0.3) is 0 Å². The minimum absolute atomic E-state index is 0.0377. The smallest absolute Gasteiger partial charge is 0.330 e. The fourth-order valence-electron chi connectivity index (χ4n) is 3.45. The van der Waals surface area contributed by atoms with Gasteiger partial charge in [-0.1, -0.05) is 20.8 Å². The van der Waals surface area contributed by atoms with Crippen molar-refractivity contribution in [1.82, 2.24) is 9.55 Å². The van der Waals surface area contributed by atoms with Crippen LogP contribution in [0.2, 0.25) is 0 Å². The Morgan fingerprint density at radius 1 is 1.35 bits per heavy atom. The van der Waals surface area contributed by atoms with Crippen molar-refractivity contribution in [2.45, 2.75) is 52.6 Å². The minimum Gasteiger partial charge on any atom is -0.384 e. The Bertz CT molecular complexity index is 667. The molecule has 2 aliphatic heterocycles. The van der Waals surface area contributed by atoms with E-state index < -0.39 is 23.6 Å². The van der Waals surface area contributed by atoms with Gasteiger partial charge in [0, 0.05) is 5.56 Å². The van der Waals surface area contributed by atoms with Gasteiger partial charge in [-0.05, 0) is 24.7 Å². The van der Waals surface area contributed by atoms with Crippen LogP contribution in [0.5, 0.6) is 0 Å². The maximum atomic E-state index is 12.0. The monoisotopic (exact) mass is 280 g/mol. The maximum Gasteiger partial charge on any atom is 0.330 e. The molecular weight excluding hydrogens is 260 g/mol. The first-order valence-corrected chi connectivity index (χ1v) is 6.90. The van der Waals surface area contributed by atoms with Crippen molar-refractivity contribution in [1.29, 1.82) is 0 Å². The number of aliphatic hydroxyl groups excluding tert-OH is 1. The lowest BCUT2D eigenvalue weighted by Crippen LogP contribution is -2.43. The average Bonchev–Trinajstić information content (AvgIpc) is 2.72. The molecule has 20 heavy (non-hydrogen) atoms. The third-order valence-corrected chi connectivity index (χ3v) is 4.58. The molecule has 110 valence electrons. The highest BCUT2D eigenvalue weighted by Gasteiger charge is 2.51. The zero-order valence-electron chi connectivity index (χ0n) is 12.1. The highest BCUT2D eigenvalue weighted by Crippen LogP contribution is 2.50. The van der Waals surface area contributed by atoms with Crippen molar-refractivity contribution < 1.29 is 9.84 Å². The Morgan fingerprint density at radius 3 is 2.60 bits per heavy atom. The number of aromatic amines is 1. The van der Waals surface area contributed by atoms with Crippen LogP contribution in [0.1, 0.15) is 50.8 Å². The first-order valence-electron chi connectivity index (χ1n) is 6.90. The Kier molecular flexibility index (Phi) is 2.75. The van der Waals surface area contributed by atoms with Crippen LogP contribution in [0.15, 0.2) is 9.59 Å². The molecule has 6 heteroatoms. The van der Waals surface area contributed by atoms with Gasteiger partial charge in [0.05, 0.1) is 11.8 Å². The number of hydrogen-bond acceptors (Lipinski definition) is 4. The van der Waals surface area contributed by atoms with Crippen molar-refractivity contribution in [3.8, 4) is 0 Å². The first-order chi connectivity index (χ1) is 9.21. The van der Waals surface area contributed by atoms with Gasteiger partial charge in [0.2, 0.25) is 0 Å². The average molecular weight is 280 g/mol. The normalized spacial score (nSPS) is 32.2. The van der Waals surface area contributed by atoms with Gasteiger partial charge in [-0.3, -0.25) is 14.3 Å². The van der Waals surface area contributed by atoms with E-state index in [0.29, 0.717) is 17.7 Å². The summed E-state index contributed by atoms with van der Waals surface area (Å²) in [6.45, 7) is 7.92. The van der Waals surface area contributed by atoms with Crippen molar-refractivity contribution in [2.24, 2.45) is 11.3 Å². The molecule has 1 aromatic rings. The first kappa shape index (κ1) is 13.6. The largest absolute Gasteiger partial charge is 0.384 e. The number of fused-ring (bicyclic) bond motifs is 4. The highest BCUT2D eigenvalue weighted by molar-refractivity contribution is 5.23. The second-order valence-corrected chi connectivity index (χ2v) is 6.85. The molecule has 6 nitrogen and oxygen atoms in total. The third-order valence-electron chi connectivity index (χ3n) is 4.58. The maximum absolute atomic E-state index is 12.0. The molecule has 0 radical (unpaired) electrons. The second kappa shape index (κ2) is 4.05. The quantitative estimate of drug-likeness (QED) is 0.737. The Labute approximate surface area is 116 Å². The molecule has 3 rings (SSSR count). The SMILES string of the molecule is Cc1c2n(c(=O)[nH]c1=O)[C@H]1C[C@@H](C(C)(C)C)C(O1)[C@@H]2O. The molecule has 2 bridgehead atoms. The summed E-state index contributed by atoms with van der Waals surface area (Å²) >= 11 is 0. The van der Waals surface area contributed by atoms with Crippen molar-refractivity contribution in [3.05, 3.63) is 32.1 Å². The predicted molar refractivity (Wildman–Crippen MR) is 72.5 cm³/mol. The van der Waals surface area contributed by atoms with Gasteiger partial charge in [-0.25, -0.2) is 4.79 Å². The van der Waals surface area contributed by atoms with E-state index in [2.05, 4.69) is 25.8 Å². The van der Waals surface area contributed by atoms with Gasteiger partial charge < -0.3 is 9.84 Å². The second-order valence-electron chi connectivity index (χ2n) is 6.85. The van der Waals surface area contributed by atoms with E-state index in [-0.39, 0.29) is 17.4 Å². The predicted octanol–water partition coefficient (Wildman–Crippen LogP) is 0.842. The Balaban J connectivity index is 2.20. The number of H-pyrrole nitrogens is 1. The van der Waals surface area contributed by atoms with E-state index >= 15 is 0 Å². The van der Waals surface area contributed by atoms with E-state index in [1.54, 1.807) is 6.92 Å². The number of nitrogens with one attached hydrogen (secondary N) is 1. The van der Waals surface area contributed by atoms with Crippen LogP contribution in [-0.2, 0) is 4.74 Å². The Hall–Kier alpha value is -1.40. The molecule has 0 spiro atoms. The fourth-order valence-corrected chi connectivity index (χ4v) is 3.45. The molecule has 1 unspecified atom stereocenters. The number of aliphatic hydroxyl groups is 1. The molecular formula is C14H20N2O4. The number of hydrogen-bond donors (Lipinski definition) is 2. The van der Waals surface area contributed by atoms with Gasteiger partial charge >= 0.3 is 5.69 Å². The van der Waals surface area contributed by atoms with E-state index in [1.165, 1.54) is 4.57 Å². The highest BCUT2D eigenvalue weighted by atomic mass is 16.5. The number of rotatable bonds is 0. The lowest BCUT2D eigenvalue weighted by atomic mass is 9.75. The molecule has 4 atom stereocenters. The van der Waals surface area contributed by atoms with Gasteiger partial charge in [-0.2, -0.15) is 0 Å². The van der Waals surface area contributed by atoms with Crippen LogP contribution in [0.3, 0.4) is 0 Å². The van der Waals surface area contributed by atoms with Crippen LogP contribution in [0.4, 0.5) is 0 Å². The fraction of sp³-hybridized carbons (Fsp3) is 0.714. The third kappa shape index (κ3) is 1.71. The molecule has 1 aromatic heterocycles. The summed E-state index contributed by atoms with van der Waals surface area (Å²) in [5, 5.41) is 10.6. The summed E-state index contributed by atoms with van der Waals surface area (Å²) < 4.78 is 7.25. The standard InChI is InChI=1S/C14H20N2O4/c1-6-9-10(17)11-7(14(2,3)4)5-8(20-11)16(9)13(19)15-12(6)18/h7-8,10-11,17H,5H2,1-4H3,(H,15,18,19)/t7-,8-,10-,11?/m1/s1. The van der Waals surface area contributed by atoms with E-state index in [1.807, 2.05) is 0 Å². The summed E-state index contributed by atoms with van der Waals surface area (Å²) in [6.07, 6.45) is -1.03. The topological polar surface area (TPSA) is 84.3 Å². The minimum atomic E-state index is -0.937. The summed E-state index contributed by atoms with van der Waals surface area (Å²) in [5.74, 6) is 0.135. The number of aromatic nitrogens is 2. The van der Waals surface area contributed by atoms with E-state index in [9.17, 15) is 14.7 Å². The summed E-state index contributed by atoms with van der Waals surface area (Å²) in [6, 6.07) is 0. The molecule has 2 aliphatic rings. The zero-order chi connectivity index (χ0) is 14.8. The molecule has 3 heterocycles. The van der Waals surface area contributed by atoms with Crippen LogP contribution in [-0.4, -0.2) is 20.8 Å². The summed E-state index contributed by atoms with van der Waals surface area (Å²) in [5.41, 5.74) is -0.178. The molecule has 0 aliphatic carbocycles. The molecule has 0 aromatic carbocycles. The van der Waals surface area contributed by atoms with E-state index in [4.69, 9.17) is 4.74 Å². The lowest BCUT2D eigenvalue weighted by molar-refractivity contribution is -0.110. The van der Waals surface area contributed by atoms with Crippen LogP contribution in [0, 0.1) is 18.3 Å². The van der Waals surface area contributed by atoms with Gasteiger partial charge in [0.1, 0.15) is 12.3 Å². The number of ether oxygens (including phenoxy) is 1. The molecule has 2 N–H and O–H groups in total. The molecule has 0 saturated carbocycles. The van der Waals surface area contributed by atoms with Crippen molar-refractivity contribution >= 4 is 0 Å². The molecule has 1 saturated heterocycles. The van der Waals surface area contributed by atoms with Gasteiger partial charge in [0.25, 0.3) is 5.56 Å². The summed E-state index contributed by atoms with van der Waals surface area (Å²) in [4.78, 5) is 26.1.